The second-order valence-corrected chi connectivity index (χ2v) is 4.62. The van der Waals surface area contributed by atoms with Crippen LogP contribution < -0.4 is 10.6 Å². The Hall–Kier alpha value is -1.67. The van der Waals surface area contributed by atoms with Crippen LogP contribution in [0.5, 0.6) is 0 Å². The second kappa shape index (κ2) is 10.2. The number of carboxylic acid groups (broad SMARTS) is 1. The number of nitrogens with zero attached hydrogens (tertiary/aromatic N) is 1. The van der Waals surface area contributed by atoms with Crippen molar-refractivity contribution < 1.29 is 24.2 Å². The average Bonchev–Trinajstić information content (AvgIpc) is 2.33. The van der Waals surface area contributed by atoms with Gasteiger partial charge in [-0.1, -0.05) is 0 Å². The van der Waals surface area contributed by atoms with E-state index in [1.54, 1.807) is 0 Å². The van der Waals surface area contributed by atoms with Crippen LogP contribution in [0.3, 0.4) is 0 Å². The molecule has 0 heterocycles. The Bertz CT molecular complexity index is 333. The van der Waals surface area contributed by atoms with Crippen molar-refractivity contribution in [3.8, 4) is 0 Å². The van der Waals surface area contributed by atoms with Gasteiger partial charge >= 0.3 is 12.0 Å². The molecule has 0 atom stereocenters. The first-order valence-corrected chi connectivity index (χ1v) is 6.40. The lowest BCUT2D eigenvalue weighted by Crippen LogP contribution is -2.42. The van der Waals surface area contributed by atoms with Gasteiger partial charge in [0.1, 0.15) is 13.2 Å². The summed E-state index contributed by atoms with van der Waals surface area (Å²) in [6, 6.07) is -0.169. The van der Waals surface area contributed by atoms with Gasteiger partial charge < -0.3 is 20.1 Å². The van der Waals surface area contributed by atoms with Crippen LogP contribution in [-0.2, 0) is 14.3 Å². The SMILES string of the molecule is CC(C)N(C)CCCNC(=O)NC(=O)COCC(=O)O. The molecule has 0 rings (SSSR count). The topological polar surface area (TPSA) is 108 Å². The third-order valence-corrected chi connectivity index (χ3v) is 2.57. The number of ether oxygens (including phenoxy) is 1. The van der Waals surface area contributed by atoms with Crippen molar-refractivity contribution in [3.63, 3.8) is 0 Å². The highest BCUT2D eigenvalue weighted by Gasteiger charge is 2.08. The van der Waals surface area contributed by atoms with E-state index >= 15 is 0 Å². The molecule has 0 aromatic carbocycles. The van der Waals surface area contributed by atoms with Crippen molar-refractivity contribution in [3.05, 3.63) is 0 Å². The third-order valence-electron chi connectivity index (χ3n) is 2.57. The maximum atomic E-state index is 11.3. The highest BCUT2D eigenvalue weighted by molar-refractivity contribution is 5.94. The van der Waals surface area contributed by atoms with E-state index < -0.39 is 31.1 Å². The van der Waals surface area contributed by atoms with Gasteiger partial charge in [0.15, 0.2) is 0 Å². The van der Waals surface area contributed by atoms with Gasteiger partial charge in [-0.15, -0.1) is 0 Å². The fraction of sp³-hybridized carbons (Fsp3) is 0.750. The van der Waals surface area contributed by atoms with E-state index in [2.05, 4.69) is 28.8 Å². The number of carboxylic acids is 1. The molecular formula is C12H23N3O5. The first kappa shape index (κ1) is 18.3. The van der Waals surface area contributed by atoms with E-state index in [0.717, 1.165) is 13.0 Å². The summed E-state index contributed by atoms with van der Waals surface area (Å²) in [6.45, 7) is 4.41. The highest BCUT2D eigenvalue weighted by Crippen LogP contribution is 1.93. The minimum atomic E-state index is -1.17. The van der Waals surface area contributed by atoms with Crippen molar-refractivity contribution in [2.75, 3.05) is 33.4 Å². The summed E-state index contributed by atoms with van der Waals surface area (Å²) in [5.41, 5.74) is 0. The van der Waals surface area contributed by atoms with Gasteiger partial charge in [0.25, 0.3) is 5.91 Å². The molecule has 0 aliphatic rings. The standard InChI is InChI=1S/C12H23N3O5/c1-9(2)15(3)6-4-5-13-12(19)14-10(16)7-20-8-11(17)18/h9H,4-8H2,1-3H3,(H,17,18)(H2,13,14,16,19). The zero-order valence-corrected chi connectivity index (χ0v) is 12.1. The van der Waals surface area contributed by atoms with Crippen LogP contribution in [-0.4, -0.2) is 67.3 Å². The number of hydrogen-bond acceptors (Lipinski definition) is 5. The largest absolute Gasteiger partial charge is 0.480 e. The number of hydrogen-bond donors (Lipinski definition) is 3. The molecule has 8 heteroatoms. The van der Waals surface area contributed by atoms with Gasteiger partial charge in [0, 0.05) is 12.6 Å². The van der Waals surface area contributed by atoms with Gasteiger partial charge in [-0.2, -0.15) is 0 Å². The van der Waals surface area contributed by atoms with E-state index in [4.69, 9.17) is 5.11 Å². The van der Waals surface area contributed by atoms with Crippen LogP contribution in [0.25, 0.3) is 0 Å². The third kappa shape index (κ3) is 10.3. The van der Waals surface area contributed by atoms with Gasteiger partial charge in [0.2, 0.25) is 0 Å². The van der Waals surface area contributed by atoms with Crippen LogP contribution in [0, 0.1) is 0 Å². The van der Waals surface area contributed by atoms with Crippen LogP contribution in [0.2, 0.25) is 0 Å². The number of amides is 3. The van der Waals surface area contributed by atoms with Crippen molar-refractivity contribution in [1.82, 2.24) is 15.5 Å². The number of imide groups is 1. The molecular weight excluding hydrogens is 266 g/mol. The Balaban J connectivity index is 3.62. The summed E-state index contributed by atoms with van der Waals surface area (Å²) < 4.78 is 4.54. The molecule has 0 unspecified atom stereocenters. The second-order valence-electron chi connectivity index (χ2n) is 4.62. The number of carbonyl (C=O) groups excluding carboxylic acids is 2. The average molecular weight is 289 g/mol. The Morgan fingerprint density at radius 1 is 1.25 bits per heavy atom. The molecule has 0 radical (unpaired) electrons. The molecule has 20 heavy (non-hydrogen) atoms. The molecule has 0 aliphatic carbocycles. The zero-order chi connectivity index (χ0) is 15.5. The molecule has 0 aromatic heterocycles. The fourth-order valence-electron chi connectivity index (χ4n) is 1.23. The summed E-state index contributed by atoms with van der Waals surface area (Å²) in [5, 5.41) is 12.9. The van der Waals surface area contributed by atoms with Crippen molar-refractivity contribution in [1.29, 1.82) is 0 Å². The number of rotatable bonds is 9. The Labute approximate surface area is 118 Å². The summed E-state index contributed by atoms with van der Waals surface area (Å²) in [6.07, 6.45) is 0.770. The smallest absolute Gasteiger partial charge is 0.329 e. The highest BCUT2D eigenvalue weighted by atomic mass is 16.5. The molecule has 0 aromatic rings. The quantitative estimate of drug-likeness (QED) is 0.500. The number of nitrogens with one attached hydrogen (secondary N) is 2. The molecule has 116 valence electrons. The first-order valence-electron chi connectivity index (χ1n) is 6.40. The monoisotopic (exact) mass is 289 g/mol. The van der Waals surface area contributed by atoms with E-state index in [1.165, 1.54) is 0 Å². The van der Waals surface area contributed by atoms with E-state index in [1.807, 2.05) is 12.4 Å². The predicted octanol–water partition coefficient (Wildman–Crippen LogP) is -0.356. The van der Waals surface area contributed by atoms with Gasteiger partial charge in [0.05, 0.1) is 0 Å². The normalized spacial score (nSPS) is 10.7. The first-order chi connectivity index (χ1) is 9.32. The molecule has 8 nitrogen and oxygen atoms in total. The number of carbonyl (C=O) groups is 3. The Morgan fingerprint density at radius 2 is 1.90 bits per heavy atom. The molecule has 0 spiro atoms. The van der Waals surface area contributed by atoms with Gasteiger partial charge in [-0.25, -0.2) is 9.59 Å². The Kier molecular flexibility index (Phi) is 9.31. The molecule has 0 saturated carbocycles. The van der Waals surface area contributed by atoms with Crippen LogP contribution in [0.4, 0.5) is 4.79 Å². The van der Waals surface area contributed by atoms with Crippen molar-refractivity contribution in [2.24, 2.45) is 0 Å². The summed E-state index contributed by atoms with van der Waals surface area (Å²) in [4.78, 5) is 34.8. The summed E-state index contributed by atoms with van der Waals surface area (Å²) in [7, 11) is 1.99. The maximum absolute atomic E-state index is 11.3. The predicted molar refractivity (Wildman–Crippen MR) is 72.4 cm³/mol. The minimum absolute atomic E-state index is 0.441. The van der Waals surface area contributed by atoms with Crippen LogP contribution in [0.1, 0.15) is 20.3 Å². The lowest BCUT2D eigenvalue weighted by molar-refractivity contribution is -0.143. The maximum Gasteiger partial charge on any atom is 0.329 e. The minimum Gasteiger partial charge on any atom is -0.480 e. The van der Waals surface area contributed by atoms with E-state index in [9.17, 15) is 14.4 Å². The fourth-order valence-corrected chi connectivity index (χ4v) is 1.23. The summed E-state index contributed by atoms with van der Waals surface area (Å²) in [5.74, 6) is -1.85. The molecule has 0 fully saturated rings. The van der Waals surface area contributed by atoms with Gasteiger partial charge in [-0.05, 0) is 33.9 Å². The van der Waals surface area contributed by atoms with E-state index in [-0.39, 0.29) is 0 Å². The van der Waals surface area contributed by atoms with Crippen molar-refractivity contribution in [2.45, 2.75) is 26.3 Å². The lowest BCUT2D eigenvalue weighted by atomic mass is 10.3. The summed E-state index contributed by atoms with van der Waals surface area (Å²) >= 11 is 0. The zero-order valence-electron chi connectivity index (χ0n) is 12.1. The molecule has 0 saturated heterocycles. The van der Waals surface area contributed by atoms with Crippen LogP contribution >= 0.6 is 0 Å². The number of aliphatic carboxylic acids is 1. The Morgan fingerprint density at radius 3 is 2.45 bits per heavy atom. The van der Waals surface area contributed by atoms with Crippen LogP contribution in [0.15, 0.2) is 0 Å². The van der Waals surface area contributed by atoms with Crippen molar-refractivity contribution >= 4 is 17.9 Å². The molecule has 0 bridgehead atoms. The molecule has 0 aliphatic heterocycles. The van der Waals surface area contributed by atoms with Gasteiger partial charge in [-0.3, -0.25) is 10.1 Å². The number of urea groups is 1. The molecule has 3 amide bonds. The molecule has 3 N–H and O–H groups in total. The lowest BCUT2D eigenvalue weighted by Gasteiger charge is -2.20. The van der Waals surface area contributed by atoms with E-state index in [0.29, 0.717) is 12.6 Å².